The molecule has 1 aliphatic carbocycles. The zero-order chi connectivity index (χ0) is 24.0. The van der Waals surface area contributed by atoms with Gasteiger partial charge < -0.3 is 13.9 Å². The van der Waals surface area contributed by atoms with Crippen LogP contribution in [-0.4, -0.2) is 47.2 Å². The van der Waals surface area contributed by atoms with Gasteiger partial charge in [0.2, 0.25) is 5.88 Å². The second-order valence-electron chi connectivity index (χ2n) is 11.3. The summed E-state index contributed by atoms with van der Waals surface area (Å²) in [6.07, 6.45) is 5.37. The molecule has 9 heteroatoms. The Morgan fingerprint density at radius 3 is 2.58 bits per heavy atom. The minimum Gasteiger partial charge on any atom is -0.473 e. The highest BCUT2D eigenvalue weighted by molar-refractivity contribution is 14.1. The highest BCUT2D eigenvalue weighted by Crippen LogP contribution is 2.40. The van der Waals surface area contributed by atoms with Crippen molar-refractivity contribution in [3.8, 4) is 5.88 Å². The van der Waals surface area contributed by atoms with E-state index in [2.05, 4.69) is 72.9 Å². The lowest BCUT2D eigenvalue weighted by Crippen LogP contribution is -2.42. The van der Waals surface area contributed by atoms with Crippen molar-refractivity contribution in [2.45, 2.75) is 97.2 Å². The topological polar surface area (TPSA) is 71.3 Å². The fourth-order valence-corrected chi connectivity index (χ4v) is 6.43. The smallest absolute Gasteiger partial charge is 0.246 e. The molecule has 3 heterocycles. The van der Waals surface area contributed by atoms with Crippen molar-refractivity contribution < 1.29 is 13.9 Å². The van der Waals surface area contributed by atoms with Gasteiger partial charge in [0.15, 0.2) is 23.3 Å². The first-order chi connectivity index (χ1) is 15.5. The van der Waals surface area contributed by atoms with E-state index in [9.17, 15) is 0 Å². The molecule has 0 radical (unpaired) electrons. The largest absolute Gasteiger partial charge is 0.473 e. The summed E-state index contributed by atoms with van der Waals surface area (Å²) in [5.41, 5.74) is 1.56. The lowest BCUT2D eigenvalue weighted by molar-refractivity contribution is -0.0313. The average Bonchev–Trinajstić information content (AvgIpc) is 3.24. The minimum atomic E-state index is -1.75. The summed E-state index contributed by atoms with van der Waals surface area (Å²) in [7, 11) is -1.75. The van der Waals surface area contributed by atoms with Gasteiger partial charge in [-0.05, 0) is 69.0 Å². The zero-order valence-electron chi connectivity index (χ0n) is 21.2. The molecule has 2 aromatic rings. The molecule has 7 nitrogen and oxygen atoms in total. The average molecular weight is 587 g/mol. The van der Waals surface area contributed by atoms with E-state index in [4.69, 9.17) is 23.9 Å². The third kappa shape index (κ3) is 5.40. The van der Waals surface area contributed by atoms with E-state index in [0.717, 1.165) is 60.3 Å². The summed E-state index contributed by atoms with van der Waals surface area (Å²) in [5, 5.41) is 0.229. The van der Waals surface area contributed by atoms with Crippen LogP contribution in [0.3, 0.4) is 0 Å². The number of halogens is 1. The summed E-state index contributed by atoms with van der Waals surface area (Å²) in [6, 6.07) is 0. The third-order valence-corrected chi connectivity index (χ3v) is 13.0. The van der Waals surface area contributed by atoms with Gasteiger partial charge in [-0.1, -0.05) is 27.7 Å². The fraction of sp³-hybridized carbons (Fsp3) is 0.792. The predicted octanol–water partition coefficient (Wildman–Crippen LogP) is 6.25. The Labute approximate surface area is 212 Å². The molecule has 1 saturated heterocycles. The Bertz CT molecular complexity index is 984. The third-order valence-electron chi connectivity index (χ3n) is 7.77. The molecule has 0 aromatic carbocycles. The van der Waals surface area contributed by atoms with Gasteiger partial charge in [-0.3, -0.25) is 4.57 Å². The Balaban J connectivity index is 1.50. The van der Waals surface area contributed by atoms with Crippen LogP contribution >= 0.6 is 22.6 Å². The molecule has 0 spiro atoms. The summed E-state index contributed by atoms with van der Waals surface area (Å²) in [4.78, 5) is 14.2. The van der Waals surface area contributed by atoms with Crippen molar-refractivity contribution in [2.75, 3.05) is 13.2 Å². The van der Waals surface area contributed by atoms with Crippen LogP contribution in [0, 0.1) is 22.6 Å². The summed E-state index contributed by atoms with van der Waals surface area (Å²) < 4.78 is 22.1. The molecule has 1 saturated carbocycles. The van der Waals surface area contributed by atoms with E-state index in [1.165, 1.54) is 0 Å². The second-order valence-corrected chi connectivity index (χ2v) is 17.1. The van der Waals surface area contributed by atoms with Gasteiger partial charge in [0.05, 0.1) is 0 Å². The van der Waals surface area contributed by atoms with Gasteiger partial charge in [-0.25, -0.2) is 9.97 Å². The first kappa shape index (κ1) is 25.3. The number of hydrogen-bond donors (Lipinski definition) is 0. The van der Waals surface area contributed by atoms with Gasteiger partial charge >= 0.3 is 0 Å². The quantitative estimate of drug-likeness (QED) is 0.226. The van der Waals surface area contributed by atoms with Crippen LogP contribution in [0.2, 0.25) is 18.1 Å². The van der Waals surface area contributed by atoms with Crippen molar-refractivity contribution in [1.29, 1.82) is 0 Å². The van der Waals surface area contributed by atoms with Crippen LogP contribution in [-0.2, 0) is 9.16 Å². The minimum absolute atomic E-state index is 0.0128. The second kappa shape index (κ2) is 9.70. The van der Waals surface area contributed by atoms with Gasteiger partial charge in [-0.2, -0.15) is 4.98 Å². The van der Waals surface area contributed by atoms with E-state index in [1.807, 2.05) is 6.92 Å². The molecule has 2 fully saturated rings. The van der Waals surface area contributed by atoms with E-state index in [1.54, 1.807) is 0 Å². The summed E-state index contributed by atoms with van der Waals surface area (Å²) in [6.45, 7) is 17.4. The molecule has 2 aromatic heterocycles. The molecule has 1 unspecified atom stereocenters. The molecule has 2 aliphatic rings. The molecular formula is C24H39IN4O3Si. The molecule has 4 rings (SSSR count). The van der Waals surface area contributed by atoms with Gasteiger partial charge in [0.25, 0.3) is 0 Å². The van der Waals surface area contributed by atoms with E-state index >= 15 is 0 Å². The maximum atomic E-state index is 6.55. The Kier molecular flexibility index (Phi) is 7.44. The van der Waals surface area contributed by atoms with E-state index < -0.39 is 8.32 Å². The summed E-state index contributed by atoms with van der Waals surface area (Å²) >= 11 is 2.28. The monoisotopic (exact) mass is 586 g/mol. The van der Waals surface area contributed by atoms with Crippen molar-refractivity contribution in [1.82, 2.24) is 19.5 Å². The number of imidazole rings is 1. The highest BCUT2D eigenvalue weighted by Gasteiger charge is 2.40. The SMILES string of the molecule is Cc1nc(O[C@@H]2C[C@@H](CO[Si](C)(C)C(C)(C)C)[C@@H](C)C2)c2nc(I)n(C3CCCCO3)c2n1. The number of nitrogens with zero attached hydrogens (tertiary/aromatic N) is 4. The van der Waals surface area contributed by atoms with Crippen LogP contribution in [0.25, 0.3) is 11.2 Å². The van der Waals surface area contributed by atoms with Crippen molar-refractivity contribution in [3.05, 3.63) is 9.66 Å². The maximum absolute atomic E-state index is 6.55. The number of aromatic nitrogens is 4. The molecule has 1 aliphatic heterocycles. The Morgan fingerprint density at radius 1 is 1.15 bits per heavy atom. The molecule has 0 bridgehead atoms. The standard InChI is InChI=1S/C24H39IN4O3Si/c1-15-12-18(13-17(15)14-31-33(6,7)24(3,4)5)32-22-20-21(26-16(2)27-22)29(23(25)28-20)19-10-8-9-11-30-19/h15,17-19H,8-14H2,1-7H3/t15-,17-,18-,19?/m0/s1. The maximum Gasteiger partial charge on any atom is 0.246 e. The zero-order valence-corrected chi connectivity index (χ0v) is 24.3. The fourth-order valence-electron chi connectivity index (χ4n) is 4.58. The number of hydrogen-bond acceptors (Lipinski definition) is 6. The normalized spacial score (nSPS) is 26.8. The first-order valence-corrected chi connectivity index (χ1v) is 16.3. The van der Waals surface area contributed by atoms with E-state index in [-0.39, 0.29) is 17.4 Å². The van der Waals surface area contributed by atoms with Crippen LogP contribution < -0.4 is 4.74 Å². The van der Waals surface area contributed by atoms with Crippen LogP contribution in [0.15, 0.2) is 0 Å². The van der Waals surface area contributed by atoms with Crippen LogP contribution in [0.1, 0.15) is 71.9 Å². The number of fused-ring (bicyclic) bond motifs is 1. The number of ether oxygens (including phenoxy) is 2. The van der Waals surface area contributed by atoms with E-state index in [0.29, 0.717) is 23.5 Å². The Morgan fingerprint density at radius 2 is 1.91 bits per heavy atom. The molecular weight excluding hydrogens is 547 g/mol. The molecule has 4 atom stereocenters. The number of rotatable bonds is 6. The predicted molar refractivity (Wildman–Crippen MR) is 141 cm³/mol. The molecule has 0 N–H and O–H groups in total. The highest BCUT2D eigenvalue weighted by atomic mass is 127. The van der Waals surface area contributed by atoms with Gasteiger partial charge in [0, 0.05) is 35.8 Å². The van der Waals surface area contributed by atoms with Crippen LogP contribution in [0.5, 0.6) is 5.88 Å². The van der Waals surface area contributed by atoms with Gasteiger partial charge in [-0.15, -0.1) is 0 Å². The molecule has 33 heavy (non-hydrogen) atoms. The lowest BCUT2D eigenvalue weighted by Gasteiger charge is -2.37. The van der Waals surface area contributed by atoms with Crippen molar-refractivity contribution in [3.63, 3.8) is 0 Å². The van der Waals surface area contributed by atoms with Crippen LogP contribution in [0.4, 0.5) is 0 Å². The van der Waals surface area contributed by atoms with Gasteiger partial charge in [0.1, 0.15) is 18.2 Å². The Hall–Kier alpha value is -0.783. The lowest BCUT2D eigenvalue weighted by atomic mass is 10.00. The summed E-state index contributed by atoms with van der Waals surface area (Å²) in [5.74, 6) is 2.38. The van der Waals surface area contributed by atoms with Crippen molar-refractivity contribution >= 4 is 42.1 Å². The molecule has 184 valence electrons. The van der Waals surface area contributed by atoms with Crippen molar-refractivity contribution in [2.24, 2.45) is 11.8 Å². The number of aryl methyl sites for hydroxylation is 1. The molecule has 0 amide bonds. The first-order valence-electron chi connectivity index (χ1n) is 12.3.